The summed E-state index contributed by atoms with van der Waals surface area (Å²) in [7, 11) is 0. The van der Waals surface area contributed by atoms with Crippen molar-refractivity contribution in [3.05, 3.63) is 60.2 Å². The summed E-state index contributed by atoms with van der Waals surface area (Å²) in [4.78, 5) is 38.2. The summed E-state index contributed by atoms with van der Waals surface area (Å²) in [6, 6.07) is 6.40. The van der Waals surface area contributed by atoms with Gasteiger partial charge in [-0.25, -0.2) is 0 Å². The van der Waals surface area contributed by atoms with E-state index in [1.807, 2.05) is 0 Å². The quantitative estimate of drug-likeness (QED) is 0.425. The van der Waals surface area contributed by atoms with Gasteiger partial charge in [0, 0.05) is 17.4 Å². The van der Waals surface area contributed by atoms with E-state index in [0.29, 0.717) is 10.6 Å². The van der Waals surface area contributed by atoms with E-state index in [1.165, 1.54) is 19.1 Å². The molecule has 0 aliphatic heterocycles. The second-order valence-corrected chi connectivity index (χ2v) is 7.31. The van der Waals surface area contributed by atoms with Crippen LogP contribution >= 0.6 is 11.6 Å². The van der Waals surface area contributed by atoms with Gasteiger partial charge in [-0.15, -0.1) is 0 Å². The van der Waals surface area contributed by atoms with Crippen molar-refractivity contribution in [3.63, 3.8) is 0 Å². The Morgan fingerprint density at radius 3 is 2.25 bits per heavy atom. The van der Waals surface area contributed by atoms with Crippen molar-refractivity contribution in [2.45, 2.75) is 24.9 Å². The van der Waals surface area contributed by atoms with Crippen LogP contribution in [0.1, 0.15) is 24.8 Å². The molecule has 28 heavy (non-hydrogen) atoms. The lowest BCUT2D eigenvalue weighted by Gasteiger charge is -2.43. The molecular formula is C21H23ClO6. The molecule has 0 saturated heterocycles. The summed E-state index contributed by atoms with van der Waals surface area (Å²) in [5.41, 5.74) is -1.20. The predicted molar refractivity (Wildman–Crippen MR) is 104 cm³/mol. The van der Waals surface area contributed by atoms with Gasteiger partial charge in [-0.05, 0) is 24.6 Å². The zero-order chi connectivity index (χ0) is 20.9. The van der Waals surface area contributed by atoms with Crippen molar-refractivity contribution in [1.82, 2.24) is 0 Å². The highest BCUT2D eigenvalue weighted by Gasteiger charge is 2.57. The predicted octanol–water partition coefficient (Wildman–Crippen LogP) is 2.84. The largest absolute Gasteiger partial charge is 0.461 e. The molecule has 0 unspecified atom stereocenters. The van der Waals surface area contributed by atoms with Gasteiger partial charge in [0.15, 0.2) is 5.78 Å². The van der Waals surface area contributed by atoms with Gasteiger partial charge in [-0.2, -0.15) is 0 Å². The maximum atomic E-state index is 12.8. The van der Waals surface area contributed by atoms with Crippen molar-refractivity contribution < 1.29 is 29.0 Å². The van der Waals surface area contributed by atoms with Crippen LogP contribution in [0.2, 0.25) is 5.02 Å². The number of hydrogen-bond acceptors (Lipinski definition) is 6. The van der Waals surface area contributed by atoms with Crippen LogP contribution in [-0.4, -0.2) is 41.6 Å². The van der Waals surface area contributed by atoms with Crippen LogP contribution < -0.4 is 0 Å². The Labute approximate surface area is 168 Å². The molecule has 1 N–H and O–H groups in total. The number of hydrogen-bond donors (Lipinski definition) is 1. The number of halogens is 1. The number of aliphatic hydroxyl groups is 1. The molecule has 1 aromatic carbocycles. The first-order valence-electron chi connectivity index (χ1n) is 8.78. The second-order valence-electron chi connectivity index (χ2n) is 6.87. The van der Waals surface area contributed by atoms with E-state index in [1.54, 1.807) is 24.3 Å². The van der Waals surface area contributed by atoms with Crippen molar-refractivity contribution in [3.8, 4) is 0 Å². The van der Waals surface area contributed by atoms with E-state index in [0.717, 1.165) is 0 Å². The van der Waals surface area contributed by atoms with Gasteiger partial charge in [0.2, 0.25) is 0 Å². The fourth-order valence-electron chi connectivity index (χ4n) is 3.56. The van der Waals surface area contributed by atoms with Crippen LogP contribution in [0.25, 0.3) is 0 Å². The van der Waals surface area contributed by atoms with Crippen molar-refractivity contribution in [2.24, 2.45) is 11.8 Å². The van der Waals surface area contributed by atoms with E-state index in [9.17, 15) is 19.5 Å². The minimum atomic E-state index is -1.70. The highest BCUT2D eigenvalue weighted by atomic mass is 35.5. The molecule has 0 aromatic heterocycles. The maximum Gasteiger partial charge on any atom is 0.317 e. The fraction of sp³-hybridized carbons (Fsp3) is 0.381. The van der Waals surface area contributed by atoms with Gasteiger partial charge >= 0.3 is 11.9 Å². The monoisotopic (exact) mass is 406 g/mol. The third-order valence-electron chi connectivity index (χ3n) is 4.72. The van der Waals surface area contributed by atoms with Crippen LogP contribution in [0.15, 0.2) is 49.6 Å². The molecule has 1 saturated carbocycles. The van der Waals surface area contributed by atoms with Gasteiger partial charge in [0.05, 0.1) is 11.5 Å². The van der Waals surface area contributed by atoms with Crippen molar-refractivity contribution in [1.29, 1.82) is 0 Å². The van der Waals surface area contributed by atoms with E-state index >= 15 is 0 Å². The Balaban J connectivity index is 2.56. The lowest BCUT2D eigenvalue weighted by Crippen LogP contribution is -2.55. The molecule has 1 aliphatic carbocycles. The highest BCUT2D eigenvalue weighted by Crippen LogP contribution is 2.46. The van der Waals surface area contributed by atoms with Crippen LogP contribution in [0.3, 0.4) is 0 Å². The van der Waals surface area contributed by atoms with E-state index in [-0.39, 0.29) is 19.6 Å². The first-order chi connectivity index (χ1) is 13.2. The van der Waals surface area contributed by atoms with Gasteiger partial charge in [0.1, 0.15) is 19.1 Å². The molecule has 6 nitrogen and oxygen atoms in total. The summed E-state index contributed by atoms with van der Waals surface area (Å²) < 4.78 is 10.3. The Bertz CT molecular complexity index is 768. The third-order valence-corrected chi connectivity index (χ3v) is 4.97. The Kier molecular flexibility index (Phi) is 7.16. The van der Waals surface area contributed by atoms with Crippen LogP contribution in [-0.2, 0) is 23.9 Å². The number of ether oxygens (including phenoxy) is 2. The maximum absolute atomic E-state index is 12.8. The molecule has 2 rings (SSSR count). The van der Waals surface area contributed by atoms with Gasteiger partial charge < -0.3 is 14.6 Å². The van der Waals surface area contributed by atoms with E-state index < -0.39 is 41.1 Å². The Morgan fingerprint density at radius 2 is 1.71 bits per heavy atom. The summed E-state index contributed by atoms with van der Waals surface area (Å²) in [5, 5.41) is 11.3. The van der Waals surface area contributed by atoms with Crippen LogP contribution in [0.5, 0.6) is 0 Å². The average Bonchev–Trinajstić information content (AvgIpc) is 2.63. The molecule has 1 aromatic rings. The Hall–Kier alpha value is -2.44. The minimum absolute atomic E-state index is 0.0573. The first kappa shape index (κ1) is 21.9. The average molecular weight is 407 g/mol. The molecule has 0 radical (unpaired) electrons. The molecule has 0 bridgehead atoms. The SMILES string of the molecule is C=CCOC(=O)[C@@H]1C(=O)C[C@](C)(O)[C@@H](C(=O)OCC=C)[C@@H]1c1ccc(Cl)cc1. The fourth-order valence-corrected chi connectivity index (χ4v) is 3.69. The lowest BCUT2D eigenvalue weighted by molar-refractivity contribution is -0.171. The highest BCUT2D eigenvalue weighted by molar-refractivity contribution is 6.30. The molecule has 0 amide bonds. The summed E-state index contributed by atoms with van der Waals surface area (Å²) in [5.74, 6) is -5.40. The molecule has 0 spiro atoms. The minimum Gasteiger partial charge on any atom is -0.461 e. The molecule has 7 heteroatoms. The van der Waals surface area contributed by atoms with Gasteiger partial charge in [0.25, 0.3) is 0 Å². The number of carbonyl (C=O) groups is 3. The first-order valence-corrected chi connectivity index (χ1v) is 9.16. The topological polar surface area (TPSA) is 89.9 Å². The van der Waals surface area contributed by atoms with Crippen molar-refractivity contribution >= 4 is 29.3 Å². The van der Waals surface area contributed by atoms with Crippen LogP contribution in [0.4, 0.5) is 0 Å². The molecule has 150 valence electrons. The van der Waals surface area contributed by atoms with Gasteiger partial charge in [-0.3, -0.25) is 14.4 Å². The zero-order valence-corrected chi connectivity index (χ0v) is 16.4. The second kappa shape index (κ2) is 9.17. The van der Waals surface area contributed by atoms with Crippen LogP contribution in [0, 0.1) is 11.8 Å². The zero-order valence-electron chi connectivity index (χ0n) is 15.6. The molecule has 1 fully saturated rings. The summed E-state index contributed by atoms with van der Waals surface area (Å²) in [6.45, 7) is 8.24. The third kappa shape index (κ3) is 4.69. The van der Waals surface area contributed by atoms with E-state index in [4.69, 9.17) is 21.1 Å². The number of ketones is 1. The molecule has 4 atom stereocenters. The number of benzene rings is 1. The molecular weight excluding hydrogens is 384 g/mol. The Morgan fingerprint density at radius 1 is 1.18 bits per heavy atom. The molecule has 0 heterocycles. The number of carbonyl (C=O) groups excluding carboxylic acids is 3. The summed E-state index contributed by atoms with van der Waals surface area (Å²) >= 11 is 5.95. The lowest BCUT2D eigenvalue weighted by atomic mass is 9.62. The molecule has 1 aliphatic rings. The van der Waals surface area contributed by atoms with Crippen molar-refractivity contribution in [2.75, 3.05) is 13.2 Å². The van der Waals surface area contributed by atoms with E-state index in [2.05, 4.69) is 13.2 Å². The summed E-state index contributed by atoms with van der Waals surface area (Å²) in [6.07, 6.45) is 2.40. The standard InChI is InChI=1S/C21H23ClO6/c1-4-10-27-19(24)17-15(23)12-21(3,26)18(20(25)28-11-5-2)16(17)13-6-8-14(22)9-7-13/h4-9,16-18,26H,1-2,10-12H2,3H3/t16-,17-,18-,21+/m1/s1. The smallest absolute Gasteiger partial charge is 0.317 e. The van der Waals surface area contributed by atoms with Gasteiger partial charge in [-0.1, -0.05) is 49.0 Å². The normalized spacial score (nSPS) is 27.0. The number of Topliss-reactive ketones (excluding diaryl/α,β-unsaturated/α-hetero) is 1. The number of rotatable bonds is 7. The number of esters is 2.